The first-order valence-electron chi connectivity index (χ1n) is 5.89. The average Bonchev–Trinajstić information content (AvgIpc) is 2.15. The van der Waals surface area contributed by atoms with Gasteiger partial charge in [0.05, 0.1) is 12.2 Å². The minimum absolute atomic E-state index is 0.0282. The Kier molecular flexibility index (Phi) is 5.33. The molecule has 1 heterocycles. The van der Waals surface area contributed by atoms with Crippen LogP contribution in [0.5, 0.6) is 0 Å². The number of hydrogen-bond donors (Lipinski definition) is 2. The summed E-state index contributed by atoms with van der Waals surface area (Å²) in [6.07, 6.45) is 0.223. The zero-order valence-corrected chi connectivity index (χ0v) is 11.4. The van der Waals surface area contributed by atoms with Crippen molar-refractivity contribution in [2.24, 2.45) is 0 Å². The highest BCUT2D eigenvalue weighted by Crippen LogP contribution is 2.14. The molecule has 1 aliphatic heterocycles. The van der Waals surface area contributed by atoms with E-state index in [-0.39, 0.29) is 24.9 Å². The van der Waals surface area contributed by atoms with Gasteiger partial charge in [0.15, 0.2) is 0 Å². The Labute approximate surface area is 103 Å². The lowest BCUT2D eigenvalue weighted by molar-refractivity contribution is -0.0444. The maximum absolute atomic E-state index is 12.0. The Bertz CT molecular complexity index is 323. The minimum Gasteiger partial charge on any atom is -0.396 e. The summed E-state index contributed by atoms with van der Waals surface area (Å²) in [5, 5.41) is 8.76. The molecular weight excluding hydrogens is 244 g/mol. The smallest absolute Gasteiger partial charge is 0.279 e. The van der Waals surface area contributed by atoms with E-state index in [1.165, 1.54) is 4.31 Å². The molecule has 1 rings (SSSR count). The summed E-state index contributed by atoms with van der Waals surface area (Å²) in [5.74, 6) is 0. The van der Waals surface area contributed by atoms with Gasteiger partial charge in [-0.1, -0.05) is 0 Å². The Hall–Kier alpha value is -0.210. The van der Waals surface area contributed by atoms with E-state index in [1.807, 2.05) is 13.8 Å². The minimum atomic E-state index is -3.48. The summed E-state index contributed by atoms with van der Waals surface area (Å²) < 4.78 is 33.5. The van der Waals surface area contributed by atoms with Crippen molar-refractivity contribution in [2.45, 2.75) is 45.4 Å². The van der Waals surface area contributed by atoms with Crippen LogP contribution >= 0.6 is 0 Å². The lowest BCUT2D eigenvalue weighted by Gasteiger charge is -2.34. The van der Waals surface area contributed by atoms with Crippen LogP contribution in [0.3, 0.4) is 0 Å². The second-order valence-corrected chi connectivity index (χ2v) is 6.31. The van der Waals surface area contributed by atoms with E-state index in [0.29, 0.717) is 19.5 Å². The predicted molar refractivity (Wildman–Crippen MR) is 64.8 cm³/mol. The third-order valence-corrected chi connectivity index (χ3v) is 4.32. The molecule has 6 nitrogen and oxygen atoms in total. The van der Waals surface area contributed by atoms with E-state index in [2.05, 4.69) is 4.72 Å². The van der Waals surface area contributed by atoms with Crippen molar-refractivity contribution < 1.29 is 18.3 Å². The largest absolute Gasteiger partial charge is 0.396 e. The van der Waals surface area contributed by atoms with Crippen molar-refractivity contribution in [1.29, 1.82) is 0 Å². The molecule has 17 heavy (non-hydrogen) atoms. The maximum atomic E-state index is 12.0. The molecule has 0 aromatic carbocycles. The third kappa shape index (κ3) is 4.51. The number of ether oxygens (including phenoxy) is 1. The highest BCUT2D eigenvalue weighted by atomic mass is 32.2. The van der Waals surface area contributed by atoms with Crippen LogP contribution in [0.25, 0.3) is 0 Å². The summed E-state index contributed by atoms with van der Waals surface area (Å²) in [7, 11) is -3.48. The summed E-state index contributed by atoms with van der Waals surface area (Å²) >= 11 is 0. The number of rotatable bonds is 5. The van der Waals surface area contributed by atoms with Gasteiger partial charge in [0.2, 0.25) is 0 Å². The first kappa shape index (κ1) is 14.8. The van der Waals surface area contributed by atoms with Crippen LogP contribution in [-0.4, -0.2) is 55.8 Å². The summed E-state index contributed by atoms with van der Waals surface area (Å²) in [6.45, 7) is 6.16. The van der Waals surface area contributed by atoms with Crippen molar-refractivity contribution in [3.63, 3.8) is 0 Å². The molecule has 0 spiro atoms. The molecule has 0 radical (unpaired) electrons. The number of morpholine rings is 1. The van der Waals surface area contributed by atoms with E-state index in [9.17, 15) is 8.42 Å². The molecule has 0 aliphatic carbocycles. The van der Waals surface area contributed by atoms with Gasteiger partial charge in [0, 0.05) is 25.7 Å². The van der Waals surface area contributed by atoms with Crippen molar-refractivity contribution in [1.82, 2.24) is 9.03 Å². The molecule has 2 N–H and O–H groups in total. The average molecular weight is 266 g/mol. The van der Waals surface area contributed by atoms with Gasteiger partial charge in [-0.25, -0.2) is 0 Å². The molecule has 0 amide bonds. The van der Waals surface area contributed by atoms with Crippen molar-refractivity contribution >= 4 is 10.2 Å². The zero-order valence-electron chi connectivity index (χ0n) is 10.6. The molecule has 7 heteroatoms. The fourth-order valence-electron chi connectivity index (χ4n) is 1.91. The van der Waals surface area contributed by atoms with Gasteiger partial charge in [-0.15, -0.1) is 0 Å². The van der Waals surface area contributed by atoms with Crippen LogP contribution in [0.2, 0.25) is 0 Å². The van der Waals surface area contributed by atoms with Crippen LogP contribution < -0.4 is 4.72 Å². The lowest BCUT2D eigenvalue weighted by Crippen LogP contribution is -2.53. The fourth-order valence-corrected chi connectivity index (χ4v) is 3.50. The van der Waals surface area contributed by atoms with E-state index in [1.54, 1.807) is 6.92 Å². The van der Waals surface area contributed by atoms with Crippen LogP contribution in [-0.2, 0) is 14.9 Å². The Morgan fingerprint density at radius 1 is 1.41 bits per heavy atom. The fraction of sp³-hybridized carbons (Fsp3) is 1.00. The molecule has 1 fully saturated rings. The Morgan fingerprint density at radius 3 is 2.41 bits per heavy atom. The summed E-state index contributed by atoms with van der Waals surface area (Å²) in [6, 6.07) is -0.265. The second kappa shape index (κ2) is 6.10. The molecule has 102 valence electrons. The zero-order chi connectivity index (χ0) is 13.1. The van der Waals surface area contributed by atoms with Crippen LogP contribution in [0.4, 0.5) is 0 Å². The van der Waals surface area contributed by atoms with Gasteiger partial charge < -0.3 is 9.84 Å². The lowest BCUT2D eigenvalue weighted by atomic mass is 10.3. The van der Waals surface area contributed by atoms with Gasteiger partial charge in [0.25, 0.3) is 10.2 Å². The van der Waals surface area contributed by atoms with E-state index in [4.69, 9.17) is 9.84 Å². The van der Waals surface area contributed by atoms with E-state index in [0.717, 1.165) is 0 Å². The van der Waals surface area contributed by atoms with Crippen LogP contribution in [0, 0.1) is 0 Å². The summed E-state index contributed by atoms with van der Waals surface area (Å²) in [5.41, 5.74) is 0. The van der Waals surface area contributed by atoms with Crippen LogP contribution in [0.15, 0.2) is 0 Å². The second-order valence-electron chi connectivity index (χ2n) is 4.61. The maximum Gasteiger partial charge on any atom is 0.279 e. The molecule has 0 aromatic rings. The van der Waals surface area contributed by atoms with Crippen molar-refractivity contribution in [3.05, 3.63) is 0 Å². The highest BCUT2D eigenvalue weighted by molar-refractivity contribution is 7.87. The molecule has 0 saturated carbocycles. The summed E-state index contributed by atoms with van der Waals surface area (Å²) in [4.78, 5) is 0. The molecule has 3 atom stereocenters. The number of aliphatic hydroxyl groups is 1. The standard InChI is InChI=1S/C10H22N2O4S/c1-8(4-5-13)11-17(14,15)12-6-9(2)16-10(3)7-12/h8-11,13H,4-7H2,1-3H3. The predicted octanol–water partition coefficient (Wildman–Crippen LogP) is -0.299. The number of hydrogen-bond acceptors (Lipinski definition) is 4. The van der Waals surface area contributed by atoms with E-state index < -0.39 is 10.2 Å². The Balaban J connectivity index is 2.63. The first-order valence-corrected chi connectivity index (χ1v) is 7.33. The third-order valence-electron chi connectivity index (χ3n) is 2.64. The van der Waals surface area contributed by atoms with Gasteiger partial charge in [-0.3, -0.25) is 0 Å². The van der Waals surface area contributed by atoms with Crippen molar-refractivity contribution in [2.75, 3.05) is 19.7 Å². The molecule has 1 saturated heterocycles. The monoisotopic (exact) mass is 266 g/mol. The number of nitrogens with one attached hydrogen (secondary N) is 1. The van der Waals surface area contributed by atoms with Gasteiger partial charge in [-0.2, -0.15) is 17.4 Å². The number of nitrogens with zero attached hydrogens (tertiary/aromatic N) is 1. The molecule has 3 unspecified atom stereocenters. The number of aliphatic hydroxyl groups excluding tert-OH is 1. The van der Waals surface area contributed by atoms with E-state index >= 15 is 0 Å². The normalized spacial score (nSPS) is 29.2. The van der Waals surface area contributed by atoms with Gasteiger partial charge in [0.1, 0.15) is 0 Å². The van der Waals surface area contributed by atoms with Gasteiger partial charge in [-0.05, 0) is 27.2 Å². The Morgan fingerprint density at radius 2 is 1.94 bits per heavy atom. The molecule has 0 aromatic heterocycles. The highest BCUT2D eigenvalue weighted by Gasteiger charge is 2.31. The molecule has 1 aliphatic rings. The molecular formula is C10H22N2O4S. The first-order chi connectivity index (χ1) is 7.85. The van der Waals surface area contributed by atoms with Crippen LogP contribution in [0.1, 0.15) is 27.2 Å². The SMILES string of the molecule is CC(CCO)NS(=O)(=O)N1CC(C)OC(C)C1. The van der Waals surface area contributed by atoms with Gasteiger partial charge >= 0.3 is 0 Å². The quantitative estimate of drug-likeness (QED) is 0.716. The van der Waals surface area contributed by atoms with Crippen molar-refractivity contribution in [3.8, 4) is 0 Å². The molecule has 0 bridgehead atoms. The topological polar surface area (TPSA) is 78.9 Å².